The molecule has 3 N–H and O–H groups in total. The van der Waals surface area contributed by atoms with E-state index in [1.807, 2.05) is 0 Å². The van der Waals surface area contributed by atoms with E-state index in [9.17, 15) is 13.2 Å². The summed E-state index contributed by atoms with van der Waals surface area (Å²) >= 11 is 0. The van der Waals surface area contributed by atoms with Gasteiger partial charge in [0.15, 0.2) is 0 Å². The molecule has 2 saturated heterocycles. The van der Waals surface area contributed by atoms with Gasteiger partial charge < -0.3 is 15.8 Å². The van der Waals surface area contributed by atoms with Gasteiger partial charge in [-0.05, 0) is 32.1 Å². The highest BCUT2D eigenvalue weighted by Crippen LogP contribution is 2.23. The van der Waals surface area contributed by atoms with Crippen LogP contribution in [0, 0.1) is 0 Å². The average molecular weight is 384 g/mol. The van der Waals surface area contributed by atoms with Gasteiger partial charge in [0.2, 0.25) is 15.9 Å². The summed E-state index contributed by atoms with van der Waals surface area (Å²) in [5, 5.41) is 2.80. The smallest absolute Gasteiger partial charge is 0.221 e. The summed E-state index contributed by atoms with van der Waals surface area (Å²) in [6.45, 7) is 1.85. The van der Waals surface area contributed by atoms with Crippen molar-refractivity contribution in [1.29, 1.82) is 0 Å². The lowest BCUT2D eigenvalue weighted by Gasteiger charge is -2.36. The third kappa shape index (κ3) is 6.48. The van der Waals surface area contributed by atoms with Gasteiger partial charge >= 0.3 is 0 Å². The van der Waals surface area contributed by atoms with Crippen LogP contribution in [0.15, 0.2) is 0 Å². The summed E-state index contributed by atoms with van der Waals surface area (Å²) in [6.07, 6.45) is 5.58. The Kier molecular flexibility index (Phi) is 9.51. The highest BCUT2D eigenvalue weighted by atomic mass is 35.5. The highest BCUT2D eigenvalue weighted by Gasteiger charge is 2.34. The minimum absolute atomic E-state index is 0. The van der Waals surface area contributed by atoms with Gasteiger partial charge in [-0.2, -0.15) is 4.31 Å². The monoisotopic (exact) mass is 383 g/mol. The normalized spacial score (nSPS) is 25.7. The van der Waals surface area contributed by atoms with Crippen LogP contribution in [0.25, 0.3) is 0 Å². The number of sulfonamides is 1. The molecule has 2 aliphatic rings. The van der Waals surface area contributed by atoms with Crippen molar-refractivity contribution >= 4 is 28.3 Å². The Bertz CT molecular complexity index is 483. The number of ether oxygens (including phenoxy) is 1. The van der Waals surface area contributed by atoms with Crippen molar-refractivity contribution in [2.75, 3.05) is 32.0 Å². The second-order valence-corrected chi connectivity index (χ2v) is 8.34. The highest BCUT2D eigenvalue weighted by molar-refractivity contribution is 7.89. The maximum atomic E-state index is 12.7. The fourth-order valence-electron chi connectivity index (χ4n) is 3.26. The Morgan fingerprint density at radius 3 is 2.62 bits per heavy atom. The first-order valence-corrected chi connectivity index (χ1v) is 10.2. The van der Waals surface area contributed by atoms with Crippen molar-refractivity contribution in [3.63, 3.8) is 0 Å². The summed E-state index contributed by atoms with van der Waals surface area (Å²) in [7, 11) is -3.36. The molecule has 0 aliphatic carbocycles. The van der Waals surface area contributed by atoms with E-state index in [0.29, 0.717) is 26.2 Å². The van der Waals surface area contributed by atoms with Gasteiger partial charge in [0, 0.05) is 38.7 Å². The van der Waals surface area contributed by atoms with Crippen molar-refractivity contribution in [1.82, 2.24) is 9.62 Å². The number of carbonyl (C=O) groups excluding carboxylic acids is 1. The van der Waals surface area contributed by atoms with Gasteiger partial charge in [0.1, 0.15) is 0 Å². The first kappa shape index (κ1) is 21.6. The predicted octanol–water partition coefficient (Wildman–Crippen LogP) is 0.627. The SMILES string of the molecule is Cl.NCCC(=O)NCC1CCCCN1S(=O)(=O)CC1CCCCO1. The molecule has 2 rings (SSSR count). The molecule has 0 spiro atoms. The molecule has 1 amide bonds. The number of nitrogens with zero attached hydrogens (tertiary/aromatic N) is 1. The number of hydrogen-bond donors (Lipinski definition) is 2. The zero-order valence-corrected chi connectivity index (χ0v) is 15.7. The molecular formula is C15H30ClN3O4S. The standard InChI is InChI=1S/C15H29N3O4S.ClH/c16-8-7-15(19)17-11-13-5-1-3-9-18(13)23(20,21)12-14-6-2-4-10-22-14;/h13-14H,1-12,16H2,(H,17,19);1H. The second kappa shape index (κ2) is 10.6. The Balaban J connectivity index is 0.00000288. The van der Waals surface area contributed by atoms with Gasteiger partial charge in [0.05, 0.1) is 11.9 Å². The van der Waals surface area contributed by atoms with E-state index in [2.05, 4.69) is 5.32 Å². The van der Waals surface area contributed by atoms with E-state index >= 15 is 0 Å². The maximum Gasteiger partial charge on any atom is 0.221 e. The molecule has 9 heteroatoms. The van der Waals surface area contributed by atoms with Crippen LogP contribution in [-0.4, -0.2) is 62.8 Å². The largest absolute Gasteiger partial charge is 0.377 e. The first-order chi connectivity index (χ1) is 11.0. The topological polar surface area (TPSA) is 102 Å². The average Bonchev–Trinajstić information content (AvgIpc) is 2.54. The van der Waals surface area contributed by atoms with Crippen LogP contribution in [0.3, 0.4) is 0 Å². The third-order valence-electron chi connectivity index (χ3n) is 4.51. The van der Waals surface area contributed by atoms with E-state index in [4.69, 9.17) is 10.5 Å². The van der Waals surface area contributed by atoms with Crippen molar-refractivity contribution in [2.45, 2.75) is 57.1 Å². The van der Waals surface area contributed by atoms with E-state index in [1.54, 1.807) is 4.31 Å². The third-order valence-corrected chi connectivity index (χ3v) is 6.50. The number of piperidine rings is 1. The lowest BCUT2D eigenvalue weighted by atomic mass is 10.1. The van der Waals surface area contributed by atoms with E-state index < -0.39 is 10.0 Å². The maximum absolute atomic E-state index is 12.7. The fourth-order valence-corrected chi connectivity index (χ4v) is 5.23. The fraction of sp³-hybridized carbons (Fsp3) is 0.933. The zero-order chi connectivity index (χ0) is 16.7. The summed E-state index contributed by atoms with van der Waals surface area (Å²) in [5.41, 5.74) is 5.36. The molecule has 24 heavy (non-hydrogen) atoms. The number of nitrogens with one attached hydrogen (secondary N) is 1. The molecule has 7 nitrogen and oxygen atoms in total. The summed E-state index contributed by atoms with van der Waals surface area (Å²) in [5.74, 6) is -0.0636. The molecule has 0 aromatic rings. The number of rotatable bonds is 7. The van der Waals surface area contributed by atoms with Crippen LogP contribution in [-0.2, 0) is 19.6 Å². The Labute approximate surface area is 151 Å². The Morgan fingerprint density at radius 1 is 1.21 bits per heavy atom. The Morgan fingerprint density at radius 2 is 1.96 bits per heavy atom. The van der Waals surface area contributed by atoms with Crippen LogP contribution in [0.4, 0.5) is 0 Å². The first-order valence-electron chi connectivity index (χ1n) is 8.61. The van der Waals surface area contributed by atoms with Crippen LogP contribution in [0.5, 0.6) is 0 Å². The van der Waals surface area contributed by atoms with Crippen LogP contribution in [0.1, 0.15) is 44.9 Å². The molecule has 2 fully saturated rings. The molecule has 0 bridgehead atoms. The summed E-state index contributed by atoms with van der Waals surface area (Å²) in [6, 6.07) is -0.154. The molecule has 0 saturated carbocycles. The number of carbonyl (C=O) groups is 1. The molecular weight excluding hydrogens is 354 g/mol. The predicted molar refractivity (Wildman–Crippen MR) is 95.7 cm³/mol. The molecule has 0 radical (unpaired) electrons. The van der Waals surface area contributed by atoms with Gasteiger partial charge in [0.25, 0.3) is 0 Å². The molecule has 142 valence electrons. The van der Waals surface area contributed by atoms with Crippen molar-refractivity contribution in [3.8, 4) is 0 Å². The van der Waals surface area contributed by atoms with Crippen LogP contribution < -0.4 is 11.1 Å². The van der Waals surface area contributed by atoms with Crippen molar-refractivity contribution < 1.29 is 17.9 Å². The van der Waals surface area contributed by atoms with Gasteiger partial charge in [-0.25, -0.2) is 8.42 Å². The van der Waals surface area contributed by atoms with Crippen LogP contribution >= 0.6 is 12.4 Å². The molecule has 2 heterocycles. The minimum Gasteiger partial charge on any atom is -0.377 e. The number of hydrogen-bond acceptors (Lipinski definition) is 5. The van der Waals surface area contributed by atoms with E-state index in [1.165, 1.54) is 0 Å². The van der Waals surface area contributed by atoms with Crippen molar-refractivity contribution in [2.24, 2.45) is 5.73 Å². The lowest BCUT2D eigenvalue weighted by Crippen LogP contribution is -2.51. The molecule has 2 unspecified atom stereocenters. The Hall–Kier alpha value is -0.410. The molecule has 2 aliphatic heterocycles. The van der Waals surface area contributed by atoms with E-state index in [0.717, 1.165) is 38.5 Å². The molecule has 2 atom stereocenters. The van der Waals surface area contributed by atoms with Crippen LogP contribution in [0.2, 0.25) is 0 Å². The zero-order valence-electron chi connectivity index (χ0n) is 14.1. The van der Waals surface area contributed by atoms with Crippen molar-refractivity contribution in [3.05, 3.63) is 0 Å². The number of amides is 1. The number of nitrogens with two attached hydrogens (primary N) is 1. The summed E-state index contributed by atoms with van der Waals surface area (Å²) < 4.78 is 32.7. The molecule has 0 aromatic heterocycles. The minimum atomic E-state index is -3.36. The lowest BCUT2D eigenvalue weighted by molar-refractivity contribution is -0.121. The second-order valence-electron chi connectivity index (χ2n) is 6.37. The quantitative estimate of drug-likeness (QED) is 0.671. The number of halogens is 1. The summed E-state index contributed by atoms with van der Waals surface area (Å²) in [4.78, 5) is 11.6. The van der Waals surface area contributed by atoms with Gasteiger partial charge in [-0.15, -0.1) is 12.4 Å². The van der Waals surface area contributed by atoms with Gasteiger partial charge in [-0.1, -0.05) is 6.42 Å². The van der Waals surface area contributed by atoms with E-state index in [-0.39, 0.29) is 42.6 Å². The molecule has 0 aromatic carbocycles. The van der Waals surface area contributed by atoms with Gasteiger partial charge in [-0.3, -0.25) is 4.79 Å².